The topological polar surface area (TPSA) is 139 Å². The summed E-state index contributed by atoms with van der Waals surface area (Å²) < 4.78 is 34.8. The Kier molecular flexibility index (Phi) is 13.1. The molecule has 3 aromatic rings. The number of rotatable bonds is 15. The van der Waals surface area contributed by atoms with Crippen molar-refractivity contribution in [2.45, 2.75) is 57.5 Å². The number of anilines is 1. The molecule has 3 aromatic carbocycles. The number of hydrogen-bond donors (Lipinski definition) is 1. The van der Waals surface area contributed by atoms with Gasteiger partial charge in [0, 0.05) is 45.4 Å². The van der Waals surface area contributed by atoms with Gasteiger partial charge in [0.2, 0.25) is 11.8 Å². The van der Waals surface area contributed by atoms with Crippen molar-refractivity contribution in [2.24, 2.45) is 0 Å². The molecule has 11 nitrogen and oxygen atoms in total. The lowest BCUT2D eigenvalue weighted by atomic mass is 10.1. The Labute approximate surface area is 283 Å². The zero-order valence-electron chi connectivity index (χ0n) is 25.8. The second kappa shape index (κ2) is 16.3. The molecule has 0 heterocycles. The van der Waals surface area contributed by atoms with Gasteiger partial charge in [0.15, 0.2) is 0 Å². The van der Waals surface area contributed by atoms with Crippen LogP contribution in [0.5, 0.6) is 5.75 Å². The smallest absolute Gasteiger partial charge is 0.273 e. The second-order valence-electron chi connectivity index (χ2n) is 10.3. The minimum absolute atomic E-state index is 0.0624. The molecule has 0 unspecified atom stereocenters. The van der Waals surface area contributed by atoms with Gasteiger partial charge in [0.25, 0.3) is 15.7 Å². The van der Waals surface area contributed by atoms with Crippen LogP contribution in [-0.4, -0.2) is 56.3 Å². The molecule has 0 fully saturated rings. The molecule has 3 rings (SSSR count). The van der Waals surface area contributed by atoms with E-state index in [0.717, 1.165) is 23.2 Å². The van der Waals surface area contributed by atoms with Crippen molar-refractivity contribution in [3.63, 3.8) is 0 Å². The molecule has 0 saturated heterocycles. The fraction of sp³-hybridized carbons (Fsp3) is 0.355. The Balaban J connectivity index is 2.20. The number of halogens is 3. The molecule has 0 saturated carbocycles. The van der Waals surface area contributed by atoms with Crippen LogP contribution in [-0.2, 0) is 26.2 Å². The summed E-state index contributed by atoms with van der Waals surface area (Å²) in [6.07, 6.45) is 1.74. The predicted octanol–water partition coefficient (Wildman–Crippen LogP) is 6.79. The van der Waals surface area contributed by atoms with Gasteiger partial charge in [-0.05, 0) is 56.2 Å². The fourth-order valence-corrected chi connectivity index (χ4v) is 6.84. The Morgan fingerprint density at radius 2 is 1.72 bits per heavy atom. The largest absolute Gasteiger partial charge is 0.495 e. The van der Waals surface area contributed by atoms with Crippen molar-refractivity contribution in [3.8, 4) is 5.75 Å². The number of hydrogen-bond acceptors (Lipinski definition) is 7. The van der Waals surface area contributed by atoms with Gasteiger partial charge in [-0.25, -0.2) is 8.42 Å². The van der Waals surface area contributed by atoms with E-state index in [1.54, 1.807) is 25.1 Å². The van der Waals surface area contributed by atoms with E-state index >= 15 is 0 Å². The van der Waals surface area contributed by atoms with Crippen LogP contribution >= 0.6 is 34.8 Å². The molecule has 46 heavy (non-hydrogen) atoms. The average molecular weight is 714 g/mol. The summed E-state index contributed by atoms with van der Waals surface area (Å²) in [5.41, 5.74) is 0.0930. The highest BCUT2D eigenvalue weighted by atomic mass is 35.5. The number of benzene rings is 3. The zero-order valence-corrected chi connectivity index (χ0v) is 28.8. The predicted molar refractivity (Wildman–Crippen MR) is 179 cm³/mol. The third kappa shape index (κ3) is 8.61. The highest BCUT2D eigenvalue weighted by Gasteiger charge is 2.36. The number of carbonyl (C=O) groups is 2. The van der Waals surface area contributed by atoms with E-state index in [-0.39, 0.29) is 45.0 Å². The molecular formula is C31H35Cl3N4O7S. The lowest BCUT2D eigenvalue weighted by Crippen LogP contribution is -2.52. The first-order chi connectivity index (χ1) is 21.8. The Hall–Kier alpha value is -3.58. The molecule has 2 amide bonds. The van der Waals surface area contributed by atoms with Crippen molar-refractivity contribution in [1.29, 1.82) is 0 Å². The van der Waals surface area contributed by atoms with E-state index in [1.165, 1.54) is 49.3 Å². The molecule has 0 aromatic heterocycles. The molecule has 0 radical (unpaired) electrons. The summed E-state index contributed by atoms with van der Waals surface area (Å²) in [7, 11) is -3.36. The number of carbonyl (C=O) groups excluding carboxylic acids is 2. The van der Waals surface area contributed by atoms with Crippen LogP contribution in [0.1, 0.15) is 44.2 Å². The molecule has 0 aliphatic rings. The van der Waals surface area contributed by atoms with Gasteiger partial charge in [0.1, 0.15) is 18.3 Å². The quantitative estimate of drug-likeness (QED) is 0.104. The van der Waals surface area contributed by atoms with Gasteiger partial charge >= 0.3 is 0 Å². The van der Waals surface area contributed by atoms with Crippen LogP contribution in [0.4, 0.5) is 11.4 Å². The Morgan fingerprint density at radius 1 is 1.04 bits per heavy atom. The molecule has 248 valence electrons. The number of nitrogens with one attached hydrogen (secondary N) is 1. The minimum Gasteiger partial charge on any atom is -0.495 e. The third-order valence-corrected chi connectivity index (χ3v) is 9.96. The Morgan fingerprint density at radius 3 is 2.30 bits per heavy atom. The Bertz CT molecular complexity index is 1690. The van der Waals surface area contributed by atoms with Crippen molar-refractivity contribution in [1.82, 2.24) is 10.2 Å². The van der Waals surface area contributed by atoms with E-state index in [0.29, 0.717) is 12.1 Å². The van der Waals surface area contributed by atoms with E-state index in [4.69, 9.17) is 39.5 Å². The monoisotopic (exact) mass is 712 g/mol. The van der Waals surface area contributed by atoms with Crippen LogP contribution in [0.2, 0.25) is 15.1 Å². The number of nitro groups is 1. The van der Waals surface area contributed by atoms with Crippen LogP contribution < -0.4 is 14.4 Å². The summed E-state index contributed by atoms with van der Waals surface area (Å²) in [5.74, 6) is -1.15. The van der Waals surface area contributed by atoms with Crippen molar-refractivity contribution >= 4 is 68.0 Å². The summed E-state index contributed by atoms with van der Waals surface area (Å²) in [5, 5.41) is 15.2. The van der Waals surface area contributed by atoms with Crippen molar-refractivity contribution < 1.29 is 27.7 Å². The van der Waals surface area contributed by atoms with Gasteiger partial charge in [-0.3, -0.25) is 24.0 Å². The maximum atomic E-state index is 14.4. The molecule has 0 aliphatic heterocycles. The number of sulfonamides is 1. The van der Waals surface area contributed by atoms with Crippen molar-refractivity contribution in [2.75, 3.05) is 24.5 Å². The number of amides is 2. The summed E-state index contributed by atoms with van der Waals surface area (Å²) in [6.45, 7) is 4.51. The lowest BCUT2D eigenvalue weighted by molar-refractivity contribution is -0.385. The number of ether oxygens (including phenoxy) is 1. The molecule has 0 spiro atoms. The van der Waals surface area contributed by atoms with Gasteiger partial charge < -0.3 is 15.0 Å². The average Bonchev–Trinajstić information content (AvgIpc) is 3.01. The normalized spacial score (nSPS) is 11.9. The highest BCUT2D eigenvalue weighted by Crippen LogP contribution is 2.36. The number of methoxy groups -OCH3 is 1. The lowest BCUT2D eigenvalue weighted by Gasteiger charge is -2.34. The number of unbranched alkanes of at least 4 members (excludes halogenated alkanes) is 1. The van der Waals surface area contributed by atoms with E-state index in [9.17, 15) is 28.1 Å². The van der Waals surface area contributed by atoms with Gasteiger partial charge in [-0.15, -0.1) is 0 Å². The van der Waals surface area contributed by atoms with E-state index in [1.807, 2.05) is 6.92 Å². The number of nitro benzene ring substituents is 1. The zero-order chi connectivity index (χ0) is 34.2. The van der Waals surface area contributed by atoms with Crippen molar-refractivity contribution in [3.05, 3.63) is 90.9 Å². The maximum Gasteiger partial charge on any atom is 0.273 e. The first kappa shape index (κ1) is 36.9. The number of nitrogens with zero attached hydrogens (tertiary/aromatic N) is 3. The van der Waals surface area contributed by atoms with Gasteiger partial charge in [0.05, 0.1) is 22.6 Å². The summed E-state index contributed by atoms with van der Waals surface area (Å²) in [6, 6.07) is 11.4. The first-order valence-corrected chi connectivity index (χ1v) is 17.0. The first-order valence-electron chi connectivity index (χ1n) is 14.4. The summed E-state index contributed by atoms with van der Waals surface area (Å²) >= 11 is 19.2. The van der Waals surface area contributed by atoms with Crippen LogP contribution in [0.3, 0.4) is 0 Å². The SMILES string of the molecule is CCCCNC(=O)[C@H](CC)N(Cc1c(Cl)cccc1Cl)C(=O)CN(c1cc(Cl)ccc1OC)S(=O)(=O)c1ccc(C)c([N+](=O)[O-])c1. The maximum absolute atomic E-state index is 14.4. The molecule has 0 aliphatic carbocycles. The number of aryl methyl sites for hydroxylation is 1. The van der Waals surface area contributed by atoms with Crippen LogP contribution in [0.15, 0.2) is 59.5 Å². The highest BCUT2D eigenvalue weighted by molar-refractivity contribution is 7.92. The van der Waals surface area contributed by atoms with Gasteiger partial charge in [-0.2, -0.15) is 0 Å². The van der Waals surface area contributed by atoms with Crippen LogP contribution in [0.25, 0.3) is 0 Å². The van der Waals surface area contributed by atoms with E-state index in [2.05, 4.69) is 5.32 Å². The molecular weight excluding hydrogens is 679 g/mol. The van der Waals surface area contributed by atoms with E-state index < -0.39 is 49.9 Å². The van der Waals surface area contributed by atoms with Gasteiger partial charge in [-0.1, -0.05) is 67.2 Å². The molecule has 15 heteroatoms. The molecule has 0 bridgehead atoms. The second-order valence-corrected chi connectivity index (χ2v) is 13.4. The fourth-order valence-electron chi connectivity index (χ4n) is 4.72. The standard InChI is InChI=1S/C31H35Cl3N4O7S/c1-5-7-15-35-31(40)26(6-2)36(18-23-24(33)9-8-10-25(23)34)30(39)19-37(28-16-21(32)12-14-29(28)45-4)46(43,44)22-13-11-20(3)27(17-22)38(41)42/h8-14,16-17,26H,5-7,15,18-19H2,1-4H3,(H,35,40)/t26-/m0/s1. The molecule has 1 N–H and O–H groups in total. The summed E-state index contributed by atoms with van der Waals surface area (Å²) in [4.78, 5) is 39.5. The van der Waals surface area contributed by atoms with Crippen LogP contribution in [0, 0.1) is 17.0 Å². The third-order valence-electron chi connectivity index (χ3n) is 7.26. The molecule has 1 atom stereocenters. The minimum atomic E-state index is -4.67.